The number of amides is 1. The predicted octanol–water partition coefficient (Wildman–Crippen LogP) is 2.72. The molecule has 0 radical (unpaired) electrons. The Balaban J connectivity index is 1.84. The molecule has 0 aromatic heterocycles. The summed E-state index contributed by atoms with van der Waals surface area (Å²) in [7, 11) is 1.38. The van der Waals surface area contributed by atoms with Gasteiger partial charge in [-0.15, -0.1) is 11.8 Å². The van der Waals surface area contributed by atoms with Crippen LogP contribution >= 0.6 is 11.8 Å². The van der Waals surface area contributed by atoms with Crippen LogP contribution in [-0.2, 0) is 14.3 Å². The summed E-state index contributed by atoms with van der Waals surface area (Å²) in [5.74, 6) is 0.486. The van der Waals surface area contributed by atoms with Gasteiger partial charge < -0.3 is 9.64 Å². The van der Waals surface area contributed by atoms with Crippen molar-refractivity contribution in [2.45, 2.75) is 36.6 Å². The zero-order valence-corrected chi connectivity index (χ0v) is 13.1. The van der Waals surface area contributed by atoms with Crippen LogP contribution in [0.3, 0.4) is 0 Å². The quantitative estimate of drug-likeness (QED) is 0.620. The van der Waals surface area contributed by atoms with Crippen molar-refractivity contribution < 1.29 is 14.3 Å². The van der Waals surface area contributed by atoms with Crippen LogP contribution in [0.4, 0.5) is 0 Å². The van der Waals surface area contributed by atoms with Gasteiger partial charge in [0.15, 0.2) is 0 Å². The molecule has 1 heterocycles. The number of thioether (sulfide) groups is 1. The Morgan fingerprint density at radius 1 is 1.29 bits per heavy atom. The van der Waals surface area contributed by atoms with Crippen molar-refractivity contribution in [3.8, 4) is 0 Å². The molecule has 4 nitrogen and oxygen atoms in total. The Labute approximate surface area is 129 Å². The standard InChI is InChI=1S/C16H21NO3S/c1-20-16(19)14-9-5-6-11-17(14)15(18)10-12-21-13-7-3-2-4-8-13/h2-4,7-8,14H,5-6,9-12H2,1H3/t14-/m1/s1. The zero-order chi connectivity index (χ0) is 15.1. The minimum absolute atomic E-state index is 0.0496. The summed E-state index contributed by atoms with van der Waals surface area (Å²) >= 11 is 1.66. The number of ether oxygens (including phenoxy) is 1. The fraction of sp³-hybridized carbons (Fsp3) is 0.500. The number of hydrogen-bond acceptors (Lipinski definition) is 4. The number of nitrogens with zero attached hydrogens (tertiary/aromatic N) is 1. The highest BCUT2D eigenvalue weighted by Crippen LogP contribution is 2.22. The lowest BCUT2D eigenvalue weighted by atomic mass is 10.0. The van der Waals surface area contributed by atoms with Crippen LogP contribution in [0, 0.1) is 0 Å². The van der Waals surface area contributed by atoms with Crippen LogP contribution in [0.15, 0.2) is 35.2 Å². The van der Waals surface area contributed by atoms with E-state index in [1.165, 1.54) is 7.11 Å². The van der Waals surface area contributed by atoms with Gasteiger partial charge in [-0.25, -0.2) is 4.79 Å². The number of methoxy groups -OCH3 is 1. The molecule has 1 aliphatic heterocycles. The third kappa shape index (κ3) is 4.49. The molecule has 2 rings (SSSR count). The average molecular weight is 307 g/mol. The highest BCUT2D eigenvalue weighted by Gasteiger charge is 2.32. The largest absolute Gasteiger partial charge is 0.467 e. The van der Waals surface area contributed by atoms with Gasteiger partial charge in [-0.3, -0.25) is 4.79 Å². The van der Waals surface area contributed by atoms with Gasteiger partial charge in [-0.1, -0.05) is 18.2 Å². The molecule has 1 aromatic carbocycles. The van der Waals surface area contributed by atoms with E-state index in [1.54, 1.807) is 16.7 Å². The van der Waals surface area contributed by atoms with Crippen molar-refractivity contribution in [2.24, 2.45) is 0 Å². The fourth-order valence-corrected chi connectivity index (χ4v) is 3.39. The fourth-order valence-electron chi connectivity index (χ4n) is 2.53. The minimum Gasteiger partial charge on any atom is -0.467 e. The summed E-state index contributed by atoms with van der Waals surface area (Å²) in [6.45, 7) is 0.661. The number of likely N-dealkylation sites (tertiary alicyclic amines) is 1. The molecule has 0 N–H and O–H groups in total. The van der Waals surface area contributed by atoms with Gasteiger partial charge in [0.2, 0.25) is 5.91 Å². The molecule has 1 fully saturated rings. The normalized spacial score (nSPS) is 18.3. The molecule has 1 amide bonds. The molecule has 0 aliphatic carbocycles. The first-order valence-corrected chi connectivity index (χ1v) is 8.26. The molecular formula is C16H21NO3S. The molecule has 21 heavy (non-hydrogen) atoms. The SMILES string of the molecule is COC(=O)[C@H]1CCCCN1C(=O)CCSc1ccccc1. The molecular weight excluding hydrogens is 286 g/mol. The summed E-state index contributed by atoms with van der Waals surface area (Å²) in [5.41, 5.74) is 0. The van der Waals surface area contributed by atoms with E-state index in [2.05, 4.69) is 0 Å². The number of piperidine rings is 1. The molecule has 5 heteroatoms. The van der Waals surface area contributed by atoms with E-state index in [-0.39, 0.29) is 11.9 Å². The number of benzene rings is 1. The molecule has 1 aliphatic rings. The second kappa shape index (κ2) is 8.08. The maximum absolute atomic E-state index is 12.3. The van der Waals surface area contributed by atoms with E-state index in [9.17, 15) is 9.59 Å². The van der Waals surface area contributed by atoms with Crippen LogP contribution < -0.4 is 0 Å². The maximum Gasteiger partial charge on any atom is 0.328 e. The van der Waals surface area contributed by atoms with Crippen LogP contribution in [0.1, 0.15) is 25.7 Å². The Morgan fingerprint density at radius 3 is 2.76 bits per heavy atom. The third-order valence-electron chi connectivity index (χ3n) is 3.62. The van der Waals surface area contributed by atoms with E-state index in [1.807, 2.05) is 30.3 Å². The van der Waals surface area contributed by atoms with Crippen molar-refractivity contribution in [1.82, 2.24) is 4.90 Å². The lowest BCUT2D eigenvalue weighted by Gasteiger charge is -2.33. The second-order valence-corrected chi connectivity index (χ2v) is 6.20. The summed E-state index contributed by atoms with van der Waals surface area (Å²) in [6, 6.07) is 9.63. The molecule has 114 valence electrons. The Morgan fingerprint density at radius 2 is 2.05 bits per heavy atom. The van der Waals surface area contributed by atoms with Gasteiger partial charge in [0.25, 0.3) is 0 Å². The molecule has 0 bridgehead atoms. The number of carbonyl (C=O) groups is 2. The van der Waals surface area contributed by atoms with Crippen molar-refractivity contribution in [3.05, 3.63) is 30.3 Å². The summed E-state index contributed by atoms with van der Waals surface area (Å²) in [4.78, 5) is 26.9. The molecule has 0 saturated carbocycles. The molecule has 1 saturated heterocycles. The van der Waals surface area contributed by atoms with Crippen LogP contribution in [-0.4, -0.2) is 42.2 Å². The van der Waals surface area contributed by atoms with Gasteiger partial charge in [0, 0.05) is 23.6 Å². The van der Waals surface area contributed by atoms with Gasteiger partial charge in [0.05, 0.1) is 7.11 Å². The first-order valence-electron chi connectivity index (χ1n) is 7.27. The predicted molar refractivity (Wildman–Crippen MR) is 83.2 cm³/mol. The lowest BCUT2D eigenvalue weighted by Crippen LogP contribution is -2.48. The van der Waals surface area contributed by atoms with E-state index in [4.69, 9.17) is 4.74 Å². The van der Waals surface area contributed by atoms with E-state index in [0.29, 0.717) is 19.4 Å². The van der Waals surface area contributed by atoms with Crippen molar-refractivity contribution in [3.63, 3.8) is 0 Å². The van der Waals surface area contributed by atoms with Crippen LogP contribution in [0.25, 0.3) is 0 Å². The maximum atomic E-state index is 12.3. The van der Waals surface area contributed by atoms with E-state index >= 15 is 0 Å². The Bertz CT molecular complexity index is 478. The van der Waals surface area contributed by atoms with E-state index < -0.39 is 6.04 Å². The molecule has 1 atom stereocenters. The van der Waals surface area contributed by atoms with Gasteiger partial charge in [-0.2, -0.15) is 0 Å². The topological polar surface area (TPSA) is 46.6 Å². The van der Waals surface area contributed by atoms with E-state index in [0.717, 1.165) is 23.5 Å². The third-order valence-corrected chi connectivity index (χ3v) is 4.64. The number of esters is 1. The molecule has 1 aromatic rings. The number of hydrogen-bond donors (Lipinski definition) is 0. The van der Waals surface area contributed by atoms with Crippen molar-refractivity contribution >= 4 is 23.6 Å². The first-order chi connectivity index (χ1) is 10.2. The molecule has 0 unspecified atom stereocenters. The zero-order valence-electron chi connectivity index (χ0n) is 12.3. The summed E-state index contributed by atoms with van der Waals surface area (Å²) in [5, 5.41) is 0. The lowest BCUT2D eigenvalue weighted by molar-refractivity contribution is -0.154. The monoisotopic (exact) mass is 307 g/mol. The molecule has 0 spiro atoms. The Hall–Kier alpha value is -1.49. The second-order valence-electron chi connectivity index (χ2n) is 5.03. The van der Waals surface area contributed by atoms with Crippen LogP contribution in [0.5, 0.6) is 0 Å². The van der Waals surface area contributed by atoms with Gasteiger partial charge >= 0.3 is 5.97 Å². The number of rotatable bonds is 5. The first kappa shape index (κ1) is 15.9. The van der Waals surface area contributed by atoms with Gasteiger partial charge in [-0.05, 0) is 31.4 Å². The van der Waals surface area contributed by atoms with Crippen LogP contribution in [0.2, 0.25) is 0 Å². The Kier molecular flexibility index (Phi) is 6.11. The smallest absolute Gasteiger partial charge is 0.328 e. The van der Waals surface area contributed by atoms with Gasteiger partial charge in [0.1, 0.15) is 6.04 Å². The highest BCUT2D eigenvalue weighted by molar-refractivity contribution is 7.99. The van der Waals surface area contributed by atoms with Crippen molar-refractivity contribution in [2.75, 3.05) is 19.4 Å². The van der Waals surface area contributed by atoms with Crippen molar-refractivity contribution in [1.29, 1.82) is 0 Å². The average Bonchev–Trinajstić information content (AvgIpc) is 2.55. The summed E-state index contributed by atoms with van der Waals surface area (Å²) in [6.07, 6.45) is 3.10. The number of carbonyl (C=O) groups excluding carboxylic acids is 2. The minimum atomic E-state index is -0.391. The highest BCUT2D eigenvalue weighted by atomic mass is 32.2. The summed E-state index contributed by atoms with van der Waals surface area (Å²) < 4.78 is 4.81.